The average molecular weight is 234 g/mol. The van der Waals surface area contributed by atoms with E-state index in [9.17, 15) is 0 Å². The third kappa shape index (κ3) is 3.83. The molecule has 2 heteroatoms. The van der Waals surface area contributed by atoms with Crippen molar-refractivity contribution in [2.24, 2.45) is 0 Å². The predicted molar refractivity (Wildman–Crippen MR) is 75.5 cm³/mol. The van der Waals surface area contributed by atoms with Crippen LogP contribution in [0.5, 0.6) is 0 Å². The van der Waals surface area contributed by atoms with Crippen molar-refractivity contribution in [1.82, 2.24) is 10.6 Å². The summed E-state index contributed by atoms with van der Waals surface area (Å²) in [4.78, 5) is 0. The molecule has 0 atom stereocenters. The minimum Gasteiger partial charge on any atom is -0.318 e. The van der Waals surface area contributed by atoms with E-state index >= 15 is 0 Å². The van der Waals surface area contributed by atoms with Crippen LogP contribution in [-0.2, 0) is 6.54 Å². The maximum Gasteiger partial charge on any atom is 0.0252 e. The van der Waals surface area contributed by atoms with Gasteiger partial charge in [0.15, 0.2) is 0 Å². The van der Waals surface area contributed by atoms with Crippen LogP contribution < -0.4 is 10.6 Å². The van der Waals surface area contributed by atoms with E-state index in [1.165, 1.54) is 22.3 Å². The number of likely N-dealkylation sites (N-methyl/N-ethyl adjacent to an activating group) is 1. The zero-order valence-corrected chi connectivity index (χ0v) is 12.1. The second-order valence-corrected chi connectivity index (χ2v) is 5.56. The van der Waals surface area contributed by atoms with Crippen LogP contribution in [0.15, 0.2) is 12.1 Å². The molecule has 0 aliphatic carbocycles. The van der Waals surface area contributed by atoms with Gasteiger partial charge in [-0.25, -0.2) is 0 Å². The van der Waals surface area contributed by atoms with Crippen LogP contribution in [0, 0.1) is 20.8 Å². The Balaban J connectivity index is 2.73. The Bertz CT molecular complexity index is 381. The van der Waals surface area contributed by atoms with Gasteiger partial charge in [0.1, 0.15) is 0 Å². The molecule has 96 valence electrons. The molecule has 0 spiro atoms. The molecule has 0 fully saturated rings. The molecule has 1 aromatic carbocycles. The van der Waals surface area contributed by atoms with Crippen LogP contribution in [0.4, 0.5) is 0 Å². The molecule has 1 rings (SSSR count). The smallest absolute Gasteiger partial charge is 0.0252 e. The van der Waals surface area contributed by atoms with Gasteiger partial charge in [0.25, 0.3) is 0 Å². The zero-order chi connectivity index (χ0) is 13.1. The quantitative estimate of drug-likeness (QED) is 0.818. The van der Waals surface area contributed by atoms with Crippen molar-refractivity contribution in [1.29, 1.82) is 0 Å². The summed E-state index contributed by atoms with van der Waals surface area (Å²) >= 11 is 0. The highest BCUT2D eigenvalue weighted by Gasteiger charge is 2.16. The Morgan fingerprint density at radius 1 is 1.06 bits per heavy atom. The third-order valence-corrected chi connectivity index (χ3v) is 3.55. The van der Waals surface area contributed by atoms with Crippen molar-refractivity contribution < 1.29 is 0 Å². The molecule has 0 saturated heterocycles. The van der Waals surface area contributed by atoms with Crippen molar-refractivity contribution in [2.75, 3.05) is 13.6 Å². The Morgan fingerprint density at radius 3 is 2.29 bits per heavy atom. The molecule has 1 aromatic rings. The largest absolute Gasteiger partial charge is 0.318 e. The molecule has 0 heterocycles. The Hall–Kier alpha value is -0.860. The first kappa shape index (κ1) is 14.2. The van der Waals surface area contributed by atoms with Crippen molar-refractivity contribution in [2.45, 2.75) is 46.7 Å². The molecule has 0 bridgehead atoms. The first-order valence-electron chi connectivity index (χ1n) is 6.32. The minimum absolute atomic E-state index is 0.125. The fraction of sp³-hybridized carbons (Fsp3) is 0.600. The Morgan fingerprint density at radius 2 is 1.71 bits per heavy atom. The van der Waals surface area contributed by atoms with Gasteiger partial charge < -0.3 is 10.6 Å². The molecule has 0 unspecified atom stereocenters. The number of aryl methyl sites for hydroxylation is 1. The highest BCUT2D eigenvalue weighted by Crippen LogP contribution is 2.17. The lowest BCUT2D eigenvalue weighted by Crippen LogP contribution is -2.46. The standard InChI is InChI=1S/C15H26N2/c1-11-7-8-14(13(3)12(11)2)9-17-15(4,5)10-16-6/h7-8,16-17H,9-10H2,1-6H3. The molecule has 0 aromatic heterocycles. The maximum atomic E-state index is 3.60. The molecule has 0 amide bonds. The summed E-state index contributed by atoms with van der Waals surface area (Å²) < 4.78 is 0. The van der Waals surface area contributed by atoms with Gasteiger partial charge in [-0.3, -0.25) is 0 Å². The number of benzene rings is 1. The summed E-state index contributed by atoms with van der Waals surface area (Å²) in [6, 6.07) is 4.45. The number of rotatable bonds is 5. The van der Waals surface area contributed by atoms with E-state index in [0.717, 1.165) is 13.1 Å². The SMILES string of the molecule is CNCC(C)(C)NCc1ccc(C)c(C)c1C. The Kier molecular flexibility index (Phi) is 4.72. The van der Waals surface area contributed by atoms with Gasteiger partial charge in [0, 0.05) is 18.6 Å². The van der Waals surface area contributed by atoms with E-state index < -0.39 is 0 Å². The van der Waals surface area contributed by atoms with Gasteiger partial charge in [-0.05, 0) is 63.9 Å². The maximum absolute atomic E-state index is 3.60. The van der Waals surface area contributed by atoms with E-state index in [2.05, 4.69) is 57.4 Å². The van der Waals surface area contributed by atoms with E-state index in [1.807, 2.05) is 7.05 Å². The van der Waals surface area contributed by atoms with E-state index in [0.29, 0.717) is 0 Å². The van der Waals surface area contributed by atoms with E-state index in [1.54, 1.807) is 0 Å². The first-order chi connectivity index (χ1) is 7.87. The van der Waals surface area contributed by atoms with Crippen molar-refractivity contribution >= 4 is 0 Å². The molecule has 17 heavy (non-hydrogen) atoms. The fourth-order valence-electron chi connectivity index (χ4n) is 2.04. The minimum atomic E-state index is 0.125. The van der Waals surface area contributed by atoms with E-state index in [4.69, 9.17) is 0 Å². The first-order valence-corrected chi connectivity index (χ1v) is 6.32. The van der Waals surface area contributed by atoms with Crippen LogP contribution in [-0.4, -0.2) is 19.1 Å². The molecule has 0 saturated carbocycles. The predicted octanol–water partition coefficient (Wildman–Crippen LogP) is 2.70. The normalized spacial score (nSPS) is 11.9. The summed E-state index contributed by atoms with van der Waals surface area (Å²) in [6.07, 6.45) is 0. The number of nitrogens with one attached hydrogen (secondary N) is 2. The Labute approximate surface area is 106 Å². The van der Waals surface area contributed by atoms with Gasteiger partial charge in [0.2, 0.25) is 0 Å². The van der Waals surface area contributed by atoms with Crippen LogP contribution in [0.2, 0.25) is 0 Å². The highest BCUT2D eigenvalue weighted by molar-refractivity contribution is 5.38. The fourth-order valence-corrected chi connectivity index (χ4v) is 2.04. The van der Waals surface area contributed by atoms with Crippen LogP contribution in [0.25, 0.3) is 0 Å². The van der Waals surface area contributed by atoms with Crippen molar-refractivity contribution in [3.05, 3.63) is 34.4 Å². The summed E-state index contributed by atoms with van der Waals surface area (Å²) in [5.41, 5.74) is 5.73. The second-order valence-electron chi connectivity index (χ2n) is 5.56. The van der Waals surface area contributed by atoms with Gasteiger partial charge in [-0.2, -0.15) is 0 Å². The molecule has 0 radical (unpaired) electrons. The molecular weight excluding hydrogens is 208 g/mol. The van der Waals surface area contributed by atoms with Crippen LogP contribution >= 0.6 is 0 Å². The molecule has 2 N–H and O–H groups in total. The average Bonchev–Trinajstić information content (AvgIpc) is 2.25. The molecule has 2 nitrogen and oxygen atoms in total. The lowest BCUT2D eigenvalue weighted by atomic mass is 9.97. The topological polar surface area (TPSA) is 24.1 Å². The number of hydrogen-bond acceptors (Lipinski definition) is 2. The summed E-state index contributed by atoms with van der Waals surface area (Å²) in [7, 11) is 1.99. The molecular formula is C15H26N2. The summed E-state index contributed by atoms with van der Waals surface area (Å²) in [6.45, 7) is 12.9. The monoisotopic (exact) mass is 234 g/mol. The van der Waals surface area contributed by atoms with Gasteiger partial charge >= 0.3 is 0 Å². The highest BCUT2D eigenvalue weighted by atomic mass is 15.0. The van der Waals surface area contributed by atoms with Gasteiger partial charge in [-0.15, -0.1) is 0 Å². The third-order valence-electron chi connectivity index (χ3n) is 3.55. The van der Waals surface area contributed by atoms with Gasteiger partial charge in [-0.1, -0.05) is 12.1 Å². The number of hydrogen-bond donors (Lipinski definition) is 2. The van der Waals surface area contributed by atoms with Crippen molar-refractivity contribution in [3.63, 3.8) is 0 Å². The second kappa shape index (κ2) is 5.65. The van der Waals surface area contributed by atoms with Gasteiger partial charge in [0.05, 0.1) is 0 Å². The lowest BCUT2D eigenvalue weighted by Gasteiger charge is -2.27. The molecule has 0 aliphatic rings. The summed E-state index contributed by atoms with van der Waals surface area (Å²) in [5, 5.41) is 6.82. The van der Waals surface area contributed by atoms with E-state index in [-0.39, 0.29) is 5.54 Å². The summed E-state index contributed by atoms with van der Waals surface area (Å²) in [5.74, 6) is 0. The van der Waals surface area contributed by atoms with Crippen LogP contribution in [0.3, 0.4) is 0 Å². The zero-order valence-electron chi connectivity index (χ0n) is 12.1. The van der Waals surface area contributed by atoms with Crippen molar-refractivity contribution in [3.8, 4) is 0 Å². The van der Waals surface area contributed by atoms with Crippen LogP contribution in [0.1, 0.15) is 36.1 Å². The lowest BCUT2D eigenvalue weighted by molar-refractivity contribution is 0.373. The molecule has 0 aliphatic heterocycles.